The molecule has 1 unspecified atom stereocenters. The van der Waals surface area contributed by atoms with Crippen molar-refractivity contribution in [2.45, 2.75) is 46.6 Å². The molecular weight excluding hydrogens is 222 g/mol. The fraction of sp³-hybridized carbons (Fsp3) is 0.800. The highest BCUT2D eigenvalue weighted by Crippen LogP contribution is 2.69. The van der Waals surface area contributed by atoms with Gasteiger partial charge in [-0.15, -0.1) is 0 Å². The largest absolute Gasteiger partial charge is 0.317 e. The van der Waals surface area contributed by atoms with Crippen LogP contribution >= 0.6 is 0 Å². The van der Waals surface area contributed by atoms with Gasteiger partial charge >= 0.3 is 0 Å². The van der Waals surface area contributed by atoms with Crippen LogP contribution in [-0.2, 0) is 13.5 Å². The van der Waals surface area contributed by atoms with Gasteiger partial charge in [-0.2, -0.15) is 5.10 Å². The van der Waals surface area contributed by atoms with Crippen LogP contribution in [0.1, 0.15) is 39.7 Å². The molecule has 1 N–H and O–H groups in total. The van der Waals surface area contributed by atoms with Crippen molar-refractivity contribution >= 4 is 0 Å². The Labute approximate surface area is 111 Å². The van der Waals surface area contributed by atoms with E-state index in [1.165, 1.54) is 12.0 Å². The Hall–Kier alpha value is -0.830. The highest BCUT2D eigenvalue weighted by molar-refractivity contribution is 5.16. The molecule has 1 saturated carbocycles. The molecule has 1 aliphatic rings. The van der Waals surface area contributed by atoms with Gasteiger partial charge in [-0.1, -0.05) is 27.7 Å². The molecular formula is C15H27N3. The Bertz CT molecular complexity index is 403. The van der Waals surface area contributed by atoms with Crippen LogP contribution in [0, 0.1) is 16.7 Å². The summed E-state index contributed by atoms with van der Waals surface area (Å²) in [5.74, 6) is 0.770. The van der Waals surface area contributed by atoms with Crippen LogP contribution in [0.5, 0.6) is 0 Å². The zero-order chi connectivity index (χ0) is 13.6. The SMILES string of the molecule is CNC(CCc1cnn(C)c1)C1C(C)(C)C1(C)C. The van der Waals surface area contributed by atoms with Gasteiger partial charge in [-0.3, -0.25) is 4.68 Å². The van der Waals surface area contributed by atoms with E-state index in [1.807, 2.05) is 17.9 Å². The Morgan fingerprint density at radius 3 is 2.33 bits per heavy atom. The predicted octanol–water partition coefficient (Wildman–Crippen LogP) is 2.62. The van der Waals surface area contributed by atoms with E-state index in [4.69, 9.17) is 0 Å². The molecule has 0 radical (unpaired) electrons. The first-order chi connectivity index (χ1) is 8.30. The average molecular weight is 249 g/mol. The van der Waals surface area contributed by atoms with Gasteiger partial charge in [0.15, 0.2) is 0 Å². The second-order valence-corrected chi connectivity index (χ2v) is 6.88. The van der Waals surface area contributed by atoms with Gasteiger partial charge in [0.1, 0.15) is 0 Å². The maximum atomic E-state index is 4.23. The Morgan fingerprint density at radius 2 is 1.94 bits per heavy atom. The quantitative estimate of drug-likeness (QED) is 0.869. The number of nitrogens with one attached hydrogen (secondary N) is 1. The monoisotopic (exact) mass is 249 g/mol. The van der Waals surface area contributed by atoms with Gasteiger partial charge in [0.25, 0.3) is 0 Å². The summed E-state index contributed by atoms with van der Waals surface area (Å²) in [7, 11) is 4.07. The molecule has 1 aromatic rings. The van der Waals surface area contributed by atoms with Crippen LogP contribution in [0.3, 0.4) is 0 Å². The van der Waals surface area contributed by atoms with Crippen LogP contribution in [0.2, 0.25) is 0 Å². The van der Waals surface area contributed by atoms with Crippen LogP contribution in [0.15, 0.2) is 12.4 Å². The van der Waals surface area contributed by atoms with Gasteiger partial charge in [-0.25, -0.2) is 0 Å². The lowest BCUT2D eigenvalue weighted by atomic mass is 9.98. The molecule has 0 amide bonds. The lowest BCUT2D eigenvalue weighted by Gasteiger charge is -2.18. The normalized spacial score (nSPS) is 23.0. The third kappa shape index (κ3) is 2.09. The number of aryl methyl sites for hydroxylation is 2. The summed E-state index contributed by atoms with van der Waals surface area (Å²) in [5, 5.41) is 7.76. The van der Waals surface area contributed by atoms with Crippen LogP contribution in [0.4, 0.5) is 0 Å². The summed E-state index contributed by atoms with van der Waals surface area (Å²) in [5.41, 5.74) is 2.25. The van der Waals surface area contributed by atoms with E-state index >= 15 is 0 Å². The highest BCUT2D eigenvalue weighted by Gasteiger charge is 2.66. The topological polar surface area (TPSA) is 29.9 Å². The highest BCUT2D eigenvalue weighted by atomic mass is 15.2. The van der Waals surface area contributed by atoms with E-state index in [0.717, 1.165) is 12.3 Å². The summed E-state index contributed by atoms with van der Waals surface area (Å²) >= 11 is 0. The van der Waals surface area contributed by atoms with E-state index in [-0.39, 0.29) is 0 Å². The second kappa shape index (κ2) is 4.37. The standard InChI is InChI=1S/C15H27N3/c1-14(2)13(15(14,3)4)12(16-5)8-7-11-9-17-18(6)10-11/h9-10,12-13,16H,7-8H2,1-6H3. The third-order valence-electron chi connectivity index (χ3n) is 5.41. The predicted molar refractivity (Wildman–Crippen MR) is 75.4 cm³/mol. The van der Waals surface area contributed by atoms with E-state index in [0.29, 0.717) is 16.9 Å². The molecule has 102 valence electrons. The van der Waals surface area contributed by atoms with Crippen molar-refractivity contribution in [1.29, 1.82) is 0 Å². The van der Waals surface area contributed by atoms with Crippen molar-refractivity contribution in [3.63, 3.8) is 0 Å². The summed E-state index contributed by atoms with van der Waals surface area (Å²) in [4.78, 5) is 0. The molecule has 0 saturated heterocycles. The smallest absolute Gasteiger partial charge is 0.0521 e. The van der Waals surface area contributed by atoms with Crippen LogP contribution < -0.4 is 5.32 Å². The van der Waals surface area contributed by atoms with Gasteiger partial charge < -0.3 is 5.32 Å². The Balaban J connectivity index is 1.95. The molecule has 1 aromatic heterocycles. The van der Waals surface area contributed by atoms with Gasteiger partial charge in [0.05, 0.1) is 6.20 Å². The number of hydrogen-bond acceptors (Lipinski definition) is 2. The van der Waals surface area contributed by atoms with Crippen LogP contribution in [-0.4, -0.2) is 22.9 Å². The molecule has 0 aliphatic heterocycles. The molecule has 0 spiro atoms. The fourth-order valence-corrected chi connectivity index (χ4v) is 3.65. The first-order valence-corrected chi connectivity index (χ1v) is 6.95. The molecule has 2 rings (SSSR count). The summed E-state index contributed by atoms with van der Waals surface area (Å²) in [6.45, 7) is 9.58. The second-order valence-electron chi connectivity index (χ2n) is 6.88. The maximum absolute atomic E-state index is 4.23. The van der Waals surface area contributed by atoms with E-state index in [2.05, 4.69) is 51.4 Å². The van der Waals surface area contributed by atoms with Gasteiger partial charge in [0, 0.05) is 19.3 Å². The minimum atomic E-state index is 0.454. The van der Waals surface area contributed by atoms with Crippen molar-refractivity contribution in [2.75, 3.05) is 7.05 Å². The third-order valence-corrected chi connectivity index (χ3v) is 5.41. The molecule has 3 nitrogen and oxygen atoms in total. The Kier molecular flexibility index (Phi) is 3.30. The lowest BCUT2D eigenvalue weighted by Crippen LogP contribution is -2.30. The molecule has 1 atom stereocenters. The maximum Gasteiger partial charge on any atom is 0.0521 e. The summed E-state index contributed by atoms with van der Waals surface area (Å²) in [6.07, 6.45) is 6.41. The van der Waals surface area contributed by atoms with Crippen molar-refractivity contribution in [2.24, 2.45) is 23.8 Å². The number of rotatable bonds is 5. The average Bonchev–Trinajstić information content (AvgIpc) is 2.64. The van der Waals surface area contributed by atoms with E-state index in [1.54, 1.807) is 0 Å². The lowest BCUT2D eigenvalue weighted by molar-refractivity contribution is 0.400. The zero-order valence-electron chi connectivity index (χ0n) is 12.6. The number of nitrogens with zero attached hydrogens (tertiary/aromatic N) is 2. The summed E-state index contributed by atoms with van der Waals surface area (Å²) in [6, 6.07) is 0.607. The van der Waals surface area contributed by atoms with Crippen molar-refractivity contribution < 1.29 is 0 Å². The van der Waals surface area contributed by atoms with Crippen molar-refractivity contribution in [3.05, 3.63) is 18.0 Å². The fourth-order valence-electron chi connectivity index (χ4n) is 3.65. The first-order valence-electron chi connectivity index (χ1n) is 6.95. The molecule has 0 aromatic carbocycles. The molecule has 1 heterocycles. The van der Waals surface area contributed by atoms with E-state index < -0.39 is 0 Å². The van der Waals surface area contributed by atoms with Crippen molar-refractivity contribution in [3.8, 4) is 0 Å². The molecule has 18 heavy (non-hydrogen) atoms. The summed E-state index contributed by atoms with van der Waals surface area (Å²) < 4.78 is 1.88. The Morgan fingerprint density at radius 1 is 1.33 bits per heavy atom. The van der Waals surface area contributed by atoms with Gasteiger partial charge in [-0.05, 0) is 42.2 Å². The minimum Gasteiger partial charge on any atom is -0.317 e. The molecule has 1 fully saturated rings. The minimum absolute atomic E-state index is 0.454. The van der Waals surface area contributed by atoms with E-state index in [9.17, 15) is 0 Å². The van der Waals surface area contributed by atoms with Crippen LogP contribution in [0.25, 0.3) is 0 Å². The molecule has 0 bridgehead atoms. The number of hydrogen-bond donors (Lipinski definition) is 1. The van der Waals surface area contributed by atoms with Crippen molar-refractivity contribution in [1.82, 2.24) is 15.1 Å². The van der Waals surface area contributed by atoms with Gasteiger partial charge in [0.2, 0.25) is 0 Å². The number of aromatic nitrogens is 2. The molecule has 3 heteroatoms. The zero-order valence-corrected chi connectivity index (χ0v) is 12.6. The first kappa shape index (κ1) is 13.6. The molecule has 1 aliphatic carbocycles.